The fourth-order valence-corrected chi connectivity index (χ4v) is 3.29. The van der Waals surface area contributed by atoms with Gasteiger partial charge in [-0.2, -0.15) is 0 Å². The zero-order valence-corrected chi connectivity index (χ0v) is 14.3. The number of thiophene rings is 1. The molecule has 0 aliphatic rings. The maximum absolute atomic E-state index is 12.3. The van der Waals surface area contributed by atoms with Crippen molar-refractivity contribution in [3.8, 4) is 0 Å². The minimum absolute atomic E-state index is 0.181. The molecular weight excluding hydrogens is 320 g/mol. The number of carbonyl (C=O) groups excluding carboxylic acids is 2. The fourth-order valence-electron chi connectivity index (χ4n) is 1.89. The van der Waals surface area contributed by atoms with E-state index >= 15 is 0 Å². The van der Waals surface area contributed by atoms with Crippen molar-refractivity contribution in [3.63, 3.8) is 0 Å². The Balaban J connectivity index is 1.99. The minimum atomic E-state index is -0.546. The van der Waals surface area contributed by atoms with E-state index in [0.29, 0.717) is 17.1 Å². The van der Waals surface area contributed by atoms with Gasteiger partial charge in [-0.1, -0.05) is 0 Å². The molecule has 0 aliphatic carbocycles. The normalized spacial score (nSPS) is 12.4. The lowest BCUT2D eigenvalue weighted by Gasteiger charge is -2.22. The number of rotatable bonds is 6. The molecule has 2 aromatic rings. The van der Waals surface area contributed by atoms with E-state index < -0.39 is 5.91 Å². The van der Waals surface area contributed by atoms with Crippen LogP contribution in [0, 0.1) is 6.92 Å². The highest BCUT2D eigenvalue weighted by Crippen LogP contribution is 2.23. The second-order valence-corrected chi connectivity index (χ2v) is 6.94. The van der Waals surface area contributed by atoms with E-state index in [0.717, 1.165) is 10.7 Å². The second-order valence-electron chi connectivity index (χ2n) is 4.97. The highest BCUT2D eigenvalue weighted by Gasteiger charge is 2.21. The third kappa shape index (κ3) is 3.90. The molecule has 0 fully saturated rings. The first-order valence-electron chi connectivity index (χ1n) is 6.68. The number of nitrogens with one attached hydrogen (secondary N) is 1. The average molecular weight is 338 g/mol. The van der Waals surface area contributed by atoms with Gasteiger partial charge in [0.2, 0.25) is 5.91 Å². The maximum Gasteiger partial charge on any atom is 0.251 e. The van der Waals surface area contributed by atoms with Crippen LogP contribution in [0.4, 0.5) is 5.00 Å². The van der Waals surface area contributed by atoms with Crippen LogP contribution in [0.3, 0.4) is 0 Å². The molecule has 22 heavy (non-hydrogen) atoms. The van der Waals surface area contributed by atoms with Crippen LogP contribution in [0.25, 0.3) is 0 Å². The van der Waals surface area contributed by atoms with Gasteiger partial charge in [0.25, 0.3) is 5.91 Å². The fraction of sp³-hybridized carbons (Fsp3) is 0.357. The van der Waals surface area contributed by atoms with Crippen molar-refractivity contribution in [1.29, 1.82) is 0 Å². The van der Waals surface area contributed by atoms with E-state index in [1.165, 1.54) is 11.3 Å². The molecule has 3 N–H and O–H groups in total. The van der Waals surface area contributed by atoms with Crippen LogP contribution in [0.15, 0.2) is 16.8 Å². The summed E-state index contributed by atoms with van der Waals surface area (Å²) in [5.41, 5.74) is 6.55. The van der Waals surface area contributed by atoms with Crippen LogP contribution in [-0.2, 0) is 11.3 Å². The highest BCUT2D eigenvalue weighted by molar-refractivity contribution is 7.14. The summed E-state index contributed by atoms with van der Waals surface area (Å²) < 4.78 is 0. The lowest BCUT2D eigenvalue weighted by atomic mass is 10.2. The zero-order chi connectivity index (χ0) is 16.3. The summed E-state index contributed by atoms with van der Waals surface area (Å²) in [6.45, 7) is 4.35. The molecule has 2 rings (SSSR count). The summed E-state index contributed by atoms with van der Waals surface area (Å²) in [6.07, 6.45) is 0. The number of amides is 2. The Morgan fingerprint density at radius 1 is 1.45 bits per heavy atom. The molecule has 0 radical (unpaired) electrons. The number of aromatic nitrogens is 1. The number of hydrogen-bond donors (Lipinski definition) is 2. The third-order valence-corrected chi connectivity index (χ3v) is 4.94. The topological polar surface area (TPSA) is 88.3 Å². The van der Waals surface area contributed by atoms with Crippen molar-refractivity contribution in [2.45, 2.75) is 26.4 Å². The first kappa shape index (κ1) is 16.6. The van der Waals surface area contributed by atoms with Gasteiger partial charge in [0.15, 0.2) is 0 Å². The smallest absolute Gasteiger partial charge is 0.251 e. The van der Waals surface area contributed by atoms with Crippen LogP contribution in [0.2, 0.25) is 0 Å². The number of hydrogen-bond acceptors (Lipinski definition) is 6. The van der Waals surface area contributed by atoms with Gasteiger partial charge in [-0.15, -0.1) is 22.7 Å². The summed E-state index contributed by atoms with van der Waals surface area (Å²) >= 11 is 2.87. The summed E-state index contributed by atoms with van der Waals surface area (Å²) in [7, 11) is 1.86. The average Bonchev–Trinajstić information content (AvgIpc) is 3.07. The number of nitrogens with two attached hydrogens (primary N) is 1. The largest absolute Gasteiger partial charge is 0.366 e. The van der Waals surface area contributed by atoms with Gasteiger partial charge in [-0.05, 0) is 32.3 Å². The zero-order valence-electron chi connectivity index (χ0n) is 12.6. The van der Waals surface area contributed by atoms with Crippen LogP contribution < -0.4 is 11.1 Å². The maximum atomic E-state index is 12.3. The molecule has 2 amide bonds. The van der Waals surface area contributed by atoms with E-state index in [-0.39, 0.29) is 11.9 Å². The molecule has 0 aliphatic heterocycles. The SMILES string of the molecule is Cc1nc(CN(C)C(C)C(=O)Nc2sccc2C(N)=O)cs1. The van der Waals surface area contributed by atoms with Crippen molar-refractivity contribution in [1.82, 2.24) is 9.88 Å². The summed E-state index contributed by atoms with van der Waals surface area (Å²) in [5.74, 6) is -0.727. The van der Waals surface area contributed by atoms with E-state index in [1.807, 2.05) is 31.2 Å². The monoisotopic (exact) mass is 338 g/mol. The molecule has 0 spiro atoms. The number of likely N-dealkylation sites (N-methyl/N-ethyl adjacent to an activating group) is 1. The Labute approximate surface area is 137 Å². The Morgan fingerprint density at radius 3 is 2.77 bits per heavy atom. The van der Waals surface area contributed by atoms with Gasteiger partial charge in [0.05, 0.1) is 22.3 Å². The summed E-state index contributed by atoms with van der Waals surface area (Å²) in [5, 5.41) is 7.97. The molecule has 1 atom stereocenters. The van der Waals surface area contributed by atoms with Crippen molar-refractivity contribution in [3.05, 3.63) is 33.1 Å². The quantitative estimate of drug-likeness (QED) is 0.844. The molecular formula is C14H18N4O2S2. The third-order valence-electron chi connectivity index (χ3n) is 3.29. The van der Waals surface area contributed by atoms with Crippen molar-refractivity contribution >= 4 is 39.5 Å². The van der Waals surface area contributed by atoms with Gasteiger partial charge in [0, 0.05) is 11.9 Å². The van der Waals surface area contributed by atoms with Gasteiger partial charge in [-0.3, -0.25) is 14.5 Å². The predicted molar refractivity (Wildman–Crippen MR) is 89.2 cm³/mol. The minimum Gasteiger partial charge on any atom is -0.366 e. The lowest BCUT2D eigenvalue weighted by Crippen LogP contribution is -2.39. The van der Waals surface area contributed by atoms with E-state index in [9.17, 15) is 9.59 Å². The number of aryl methyl sites for hydroxylation is 1. The summed E-state index contributed by atoms with van der Waals surface area (Å²) in [6, 6.07) is 1.25. The van der Waals surface area contributed by atoms with Crippen molar-refractivity contribution < 1.29 is 9.59 Å². The number of carbonyl (C=O) groups is 2. The van der Waals surface area contributed by atoms with E-state index in [4.69, 9.17) is 5.73 Å². The van der Waals surface area contributed by atoms with Crippen LogP contribution in [-0.4, -0.2) is 34.8 Å². The Bertz CT molecular complexity index is 680. The standard InChI is InChI=1S/C14H18N4O2S2/c1-8(18(3)6-10-7-22-9(2)16-10)13(20)17-14-11(12(15)19)4-5-21-14/h4-5,7-8H,6H2,1-3H3,(H2,15,19)(H,17,20). The van der Waals surface area contributed by atoms with Crippen molar-refractivity contribution in [2.75, 3.05) is 12.4 Å². The molecule has 2 aromatic heterocycles. The van der Waals surface area contributed by atoms with E-state index in [2.05, 4.69) is 10.3 Å². The predicted octanol–water partition coefficient (Wildman–Crippen LogP) is 2.07. The Hall–Kier alpha value is -1.77. The Morgan fingerprint density at radius 2 is 2.18 bits per heavy atom. The van der Waals surface area contributed by atoms with Gasteiger partial charge < -0.3 is 11.1 Å². The van der Waals surface area contributed by atoms with Gasteiger partial charge in [-0.25, -0.2) is 4.98 Å². The molecule has 6 nitrogen and oxygen atoms in total. The number of thiazole rings is 1. The molecule has 0 saturated carbocycles. The number of anilines is 1. The molecule has 0 bridgehead atoms. The second kappa shape index (κ2) is 6.99. The van der Waals surface area contributed by atoms with Gasteiger partial charge in [0.1, 0.15) is 5.00 Å². The lowest BCUT2D eigenvalue weighted by molar-refractivity contribution is -0.120. The van der Waals surface area contributed by atoms with Crippen LogP contribution >= 0.6 is 22.7 Å². The molecule has 2 heterocycles. The van der Waals surface area contributed by atoms with Crippen LogP contribution in [0.5, 0.6) is 0 Å². The first-order valence-corrected chi connectivity index (χ1v) is 8.43. The van der Waals surface area contributed by atoms with Gasteiger partial charge >= 0.3 is 0 Å². The first-order chi connectivity index (χ1) is 10.4. The number of primary amides is 1. The molecule has 1 unspecified atom stereocenters. The molecule has 118 valence electrons. The number of nitrogens with zero attached hydrogens (tertiary/aromatic N) is 2. The molecule has 0 saturated heterocycles. The summed E-state index contributed by atoms with van der Waals surface area (Å²) in [4.78, 5) is 29.9. The van der Waals surface area contributed by atoms with Crippen molar-refractivity contribution in [2.24, 2.45) is 5.73 Å². The highest BCUT2D eigenvalue weighted by atomic mass is 32.1. The molecule has 8 heteroatoms. The molecule has 0 aromatic carbocycles. The van der Waals surface area contributed by atoms with Crippen LogP contribution in [0.1, 0.15) is 28.0 Å². The van der Waals surface area contributed by atoms with E-state index in [1.54, 1.807) is 22.8 Å². The Kier molecular flexibility index (Phi) is 5.28.